The van der Waals surface area contributed by atoms with Gasteiger partial charge in [-0.1, -0.05) is 19.3 Å². The van der Waals surface area contributed by atoms with Gasteiger partial charge in [-0.05, 0) is 46.5 Å². The Labute approximate surface area is 150 Å². The van der Waals surface area contributed by atoms with Crippen molar-refractivity contribution in [1.82, 2.24) is 19.9 Å². The van der Waals surface area contributed by atoms with Gasteiger partial charge >= 0.3 is 0 Å². The highest BCUT2D eigenvalue weighted by Crippen LogP contribution is 2.39. The second-order valence-electron chi connectivity index (χ2n) is 8.02. The molecule has 4 rings (SSSR count). The Kier molecular flexibility index (Phi) is 4.54. The van der Waals surface area contributed by atoms with Crippen molar-refractivity contribution >= 4 is 5.65 Å². The van der Waals surface area contributed by atoms with Crippen LogP contribution in [0.1, 0.15) is 74.9 Å². The molecule has 5 heteroatoms. The molecule has 0 radical (unpaired) electrons. The van der Waals surface area contributed by atoms with Crippen LogP contribution < -0.4 is 5.32 Å². The van der Waals surface area contributed by atoms with Crippen molar-refractivity contribution in [3.05, 3.63) is 29.2 Å². The van der Waals surface area contributed by atoms with Crippen LogP contribution in [-0.2, 0) is 4.74 Å². The maximum absolute atomic E-state index is 6.24. The Hall–Kier alpha value is -1.46. The molecule has 0 unspecified atom stereocenters. The zero-order chi connectivity index (χ0) is 17.4. The second-order valence-corrected chi connectivity index (χ2v) is 8.02. The van der Waals surface area contributed by atoms with Gasteiger partial charge in [-0.25, -0.2) is 9.50 Å². The molecule has 136 valence electrons. The van der Waals surface area contributed by atoms with Crippen molar-refractivity contribution in [3.8, 4) is 0 Å². The highest BCUT2D eigenvalue weighted by atomic mass is 16.5. The van der Waals surface area contributed by atoms with Crippen LogP contribution in [0.3, 0.4) is 0 Å². The third-order valence-electron chi connectivity index (χ3n) is 6.09. The van der Waals surface area contributed by atoms with E-state index in [0.29, 0.717) is 6.04 Å². The molecule has 0 aromatic carbocycles. The van der Waals surface area contributed by atoms with Crippen molar-refractivity contribution in [3.63, 3.8) is 0 Å². The number of rotatable bonds is 3. The Balaban J connectivity index is 1.49. The summed E-state index contributed by atoms with van der Waals surface area (Å²) in [7, 11) is 0. The molecule has 2 aromatic heterocycles. The number of aryl methyl sites for hydroxylation is 2. The van der Waals surface area contributed by atoms with E-state index in [4.69, 9.17) is 4.74 Å². The number of nitrogens with one attached hydrogen (secondary N) is 1. The number of hydrogen-bond acceptors (Lipinski definition) is 4. The first-order chi connectivity index (χ1) is 12.1. The van der Waals surface area contributed by atoms with Gasteiger partial charge in [0.2, 0.25) is 0 Å². The average molecular weight is 342 g/mol. The molecule has 2 aliphatic rings. The van der Waals surface area contributed by atoms with Crippen LogP contribution in [0.2, 0.25) is 0 Å². The average Bonchev–Trinajstić information content (AvgIpc) is 2.97. The summed E-state index contributed by atoms with van der Waals surface area (Å²) in [5, 5.41) is 8.44. The third kappa shape index (κ3) is 3.32. The third-order valence-corrected chi connectivity index (χ3v) is 6.09. The molecule has 2 atom stereocenters. The zero-order valence-electron chi connectivity index (χ0n) is 15.7. The number of hydrogen-bond donors (Lipinski definition) is 1. The molecule has 1 N–H and O–H groups in total. The van der Waals surface area contributed by atoms with E-state index in [1.807, 2.05) is 23.7 Å². The molecule has 2 fully saturated rings. The molecule has 25 heavy (non-hydrogen) atoms. The predicted molar refractivity (Wildman–Crippen MR) is 98.8 cm³/mol. The fourth-order valence-corrected chi connectivity index (χ4v) is 4.76. The lowest BCUT2D eigenvalue weighted by Gasteiger charge is -2.44. The summed E-state index contributed by atoms with van der Waals surface area (Å²) >= 11 is 0. The topological polar surface area (TPSA) is 51.5 Å². The van der Waals surface area contributed by atoms with Gasteiger partial charge in [0.05, 0.1) is 11.3 Å². The summed E-state index contributed by atoms with van der Waals surface area (Å²) in [5.74, 6) is 0. The summed E-state index contributed by atoms with van der Waals surface area (Å²) in [5.41, 5.74) is 4.50. The standard InChI is InChI=1S/C20H30N4O/c1-14-11-19-21-13-18(16(3)24(19)23-14)15(2)22-17-7-10-25-20(12-17)8-5-4-6-9-20/h11,13,15,17,22H,4-10,12H2,1-3H3/t15-,17-/m0/s1. The van der Waals surface area contributed by atoms with Gasteiger partial charge in [0.25, 0.3) is 0 Å². The lowest BCUT2D eigenvalue weighted by atomic mass is 9.78. The molecule has 0 bridgehead atoms. The van der Waals surface area contributed by atoms with Gasteiger partial charge < -0.3 is 10.1 Å². The number of fused-ring (bicyclic) bond motifs is 1. The minimum Gasteiger partial charge on any atom is -0.375 e. The fourth-order valence-electron chi connectivity index (χ4n) is 4.76. The first-order valence-electron chi connectivity index (χ1n) is 9.78. The molecular formula is C20H30N4O. The van der Waals surface area contributed by atoms with E-state index in [2.05, 4.69) is 29.2 Å². The van der Waals surface area contributed by atoms with Gasteiger partial charge in [-0.3, -0.25) is 0 Å². The number of nitrogens with zero attached hydrogens (tertiary/aromatic N) is 3. The molecule has 2 aromatic rings. The largest absolute Gasteiger partial charge is 0.375 e. The van der Waals surface area contributed by atoms with E-state index in [1.165, 1.54) is 43.4 Å². The Morgan fingerprint density at radius 1 is 1.28 bits per heavy atom. The smallest absolute Gasteiger partial charge is 0.155 e. The van der Waals surface area contributed by atoms with Crippen molar-refractivity contribution in [2.75, 3.05) is 6.61 Å². The molecule has 0 amide bonds. The second kappa shape index (κ2) is 6.69. The lowest BCUT2D eigenvalue weighted by Crippen LogP contribution is -2.48. The van der Waals surface area contributed by atoms with E-state index in [9.17, 15) is 0 Å². The quantitative estimate of drug-likeness (QED) is 0.920. The van der Waals surface area contributed by atoms with Gasteiger partial charge in [-0.15, -0.1) is 0 Å². The molecule has 1 aliphatic carbocycles. The van der Waals surface area contributed by atoms with Gasteiger partial charge in [-0.2, -0.15) is 5.10 Å². The molecule has 1 aliphatic heterocycles. The summed E-state index contributed by atoms with van der Waals surface area (Å²) < 4.78 is 8.21. The van der Waals surface area contributed by atoms with Crippen LogP contribution in [0, 0.1) is 13.8 Å². The summed E-state index contributed by atoms with van der Waals surface area (Å²) in [6.07, 6.45) is 10.7. The maximum Gasteiger partial charge on any atom is 0.155 e. The Bertz CT molecular complexity index is 742. The fraction of sp³-hybridized carbons (Fsp3) is 0.700. The Morgan fingerprint density at radius 3 is 2.88 bits per heavy atom. The van der Waals surface area contributed by atoms with E-state index >= 15 is 0 Å². The normalized spacial score (nSPS) is 24.7. The minimum atomic E-state index is 0.143. The minimum absolute atomic E-state index is 0.143. The van der Waals surface area contributed by atoms with Crippen molar-refractivity contribution < 1.29 is 4.74 Å². The van der Waals surface area contributed by atoms with Crippen molar-refractivity contribution in [2.45, 2.75) is 83.4 Å². The monoisotopic (exact) mass is 342 g/mol. The van der Waals surface area contributed by atoms with Crippen molar-refractivity contribution in [2.24, 2.45) is 0 Å². The predicted octanol–water partition coefficient (Wildman–Crippen LogP) is 3.88. The molecule has 1 spiro atoms. The number of aromatic nitrogens is 3. The van der Waals surface area contributed by atoms with E-state index in [0.717, 1.165) is 30.8 Å². The summed E-state index contributed by atoms with van der Waals surface area (Å²) in [6, 6.07) is 2.82. The van der Waals surface area contributed by atoms with E-state index < -0.39 is 0 Å². The van der Waals surface area contributed by atoms with Crippen LogP contribution in [0.5, 0.6) is 0 Å². The summed E-state index contributed by atoms with van der Waals surface area (Å²) in [6.45, 7) is 7.29. The molecule has 1 saturated carbocycles. The highest BCUT2D eigenvalue weighted by molar-refractivity contribution is 5.42. The van der Waals surface area contributed by atoms with Crippen LogP contribution >= 0.6 is 0 Å². The first kappa shape index (κ1) is 17.0. The lowest BCUT2D eigenvalue weighted by molar-refractivity contribution is -0.110. The zero-order valence-corrected chi connectivity index (χ0v) is 15.7. The van der Waals surface area contributed by atoms with Gasteiger partial charge in [0.15, 0.2) is 5.65 Å². The van der Waals surface area contributed by atoms with Crippen LogP contribution in [0.15, 0.2) is 12.3 Å². The maximum atomic E-state index is 6.24. The van der Waals surface area contributed by atoms with Crippen LogP contribution in [0.25, 0.3) is 5.65 Å². The molecule has 5 nitrogen and oxygen atoms in total. The van der Waals surface area contributed by atoms with Gasteiger partial charge in [0, 0.05) is 42.2 Å². The Morgan fingerprint density at radius 2 is 2.08 bits per heavy atom. The number of ether oxygens (including phenoxy) is 1. The SMILES string of the molecule is Cc1cc2ncc([C@H](C)N[C@H]3CCOC4(CCCCC4)C3)c(C)n2n1. The first-order valence-corrected chi connectivity index (χ1v) is 9.78. The molecule has 1 saturated heterocycles. The van der Waals surface area contributed by atoms with E-state index in [-0.39, 0.29) is 11.6 Å². The highest BCUT2D eigenvalue weighted by Gasteiger charge is 2.38. The van der Waals surface area contributed by atoms with Gasteiger partial charge in [0.1, 0.15) is 0 Å². The van der Waals surface area contributed by atoms with Crippen LogP contribution in [0.4, 0.5) is 0 Å². The van der Waals surface area contributed by atoms with E-state index in [1.54, 1.807) is 0 Å². The summed E-state index contributed by atoms with van der Waals surface area (Å²) in [4.78, 5) is 4.60. The molecular weight excluding hydrogens is 312 g/mol. The van der Waals surface area contributed by atoms with Crippen molar-refractivity contribution in [1.29, 1.82) is 0 Å². The molecule has 3 heterocycles. The van der Waals surface area contributed by atoms with Crippen LogP contribution in [-0.4, -0.2) is 32.8 Å².